The van der Waals surface area contributed by atoms with Crippen molar-refractivity contribution in [1.29, 1.82) is 0 Å². The minimum absolute atomic E-state index is 0.0467. The van der Waals surface area contributed by atoms with Gasteiger partial charge in [0.25, 0.3) is 0 Å². The first kappa shape index (κ1) is 10.8. The predicted octanol–water partition coefficient (Wildman–Crippen LogP) is 2.38. The Labute approximate surface area is 84.9 Å². The number of carbonyl (C=O) groups excluding carboxylic acids is 1. The number of hydrogen-bond donors (Lipinski definition) is 0. The van der Waals surface area contributed by atoms with Crippen molar-refractivity contribution in [2.45, 2.75) is 26.4 Å². The Balaban J connectivity index is 2.31. The third-order valence-corrected chi connectivity index (χ3v) is 1.70. The Morgan fingerprint density at radius 1 is 1.36 bits per heavy atom. The van der Waals surface area contributed by atoms with Gasteiger partial charge in [-0.15, -0.1) is 0 Å². The summed E-state index contributed by atoms with van der Waals surface area (Å²) >= 11 is 0. The molecule has 0 aliphatic carbocycles. The predicted molar refractivity (Wildman–Crippen MR) is 55.7 cm³/mol. The molecule has 0 fully saturated rings. The van der Waals surface area contributed by atoms with Crippen LogP contribution in [0.5, 0.6) is 0 Å². The van der Waals surface area contributed by atoms with Crippen molar-refractivity contribution in [3.63, 3.8) is 0 Å². The second-order valence-electron chi connectivity index (χ2n) is 3.38. The molecule has 0 saturated heterocycles. The molecule has 1 rings (SSSR count). The molecule has 0 aliphatic heterocycles. The minimum Gasteiger partial charge on any atom is -0.463 e. The van der Waals surface area contributed by atoms with E-state index in [1.807, 2.05) is 44.2 Å². The zero-order valence-corrected chi connectivity index (χ0v) is 8.57. The molecule has 0 unspecified atom stereocenters. The van der Waals surface area contributed by atoms with E-state index in [9.17, 15) is 4.79 Å². The van der Waals surface area contributed by atoms with Gasteiger partial charge in [-0.2, -0.15) is 0 Å². The molecular formula is C12H15O2. The summed E-state index contributed by atoms with van der Waals surface area (Å²) in [5, 5.41) is 0. The fraction of sp³-hybridized carbons (Fsp3) is 0.333. The van der Waals surface area contributed by atoms with Crippen LogP contribution < -0.4 is 0 Å². The largest absolute Gasteiger partial charge is 0.463 e. The molecule has 0 aliphatic rings. The van der Waals surface area contributed by atoms with E-state index in [0.717, 1.165) is 5.56 Å². The van der Waals surface area contributed by atoms with Gasteiger partial charge in [0.05, 0.1) is 12.5 Å². The lowest BCUT2D eigenvalue weighted by Gasteiger charge is -2.06. The molecule has 0 N–H and O–H groups in total. The molecular weight excluding hydrogens is 176 g/mol. The Morgan fingerprint density at radius 3 is 2.57 bits per heavy atom. The summed E-state index contributed by atoms with van der Waals surface area (Å²) in [5.41, 5.74) is 1.12. The van der Waals surface area contributed by atoms with Crippen molar-refractivity contribution in [2.24, 2.45) is 0 Å². The molecule has 0 aromatic heterocycles. The molecule has 1 aromatic rings. The molecule has 0 amide bonds. The maximum atomic E-state index is 11.1. The average Bonchev–Trinajstić information content (AvgIpc) is 2.15. The first-order chi connectivity index (χ1) is 6.68. The van der Waals surface area contributed by atoms with Crippen molar-refractivity contribution >= 4 is 5.97 Å². The van der Waals surface area contributed by atoms with Gasteiger partial charge in [-0.1, -0.05) is 30.3 Å². The van der Waals surface area contributed by atoms with Gasteiger partial charge in [0.15, 0.2) is 0 Å². The van der Waals surface area contributed by atoms with Crippen LogP contribution in [-0.2, 0) is 16.0 Å². The summed E-state index contributed by atoms with van der Waals surface area (Å²) in [6.07, 6.45) is 2.15. The van der Waals surface area contributed by atoms with E-state index < -0.39 is 0 Å². The molecule has 1 radical (unpaired) electrons. The van der Waals surface area contributed by atoms with E-state index in [2.05, 4.69) is 0 Å². The lowest BCUT2D eigenvalue weighted by atomic mass is 10.1. The topological polar surface area (TPSA) is 26.3 Å². The number of rotatable bonds is 4. The fourth-order valence-corrected chi connectivity index (χ4v) is 1.10. The summed E-state index contributed by atoms with van der Waals surface area (Å²) in [6.45, 7) is 3.68. The maximum Gasteiger partial charge on any atom is 0.310 e. The van der Waals surface area contributed by atoms with Crippen molar-refractivity contribution in [2.75, 3.05) is 0 Å². The van der Waals surface area contributed by atoms with Gasteiger partial charge >= 0.3 is 5.97 Å². The van der Waals surface area contributed by atoms with Gasteiger partial charge in [-0.3, -0.25) is 4.79 Å². The average molecular weight is 191 g/mol. The third-order valence-electron chi connectivity index (χ3n) is 1.70. The molecule has 0 bridgehead atoms. The van der Waals surface area contributed by atoms with E-state index in [1.165, 1.54) is 0 Å². The molecule has 0 spiro atoms. The number of carbonyl (C=O) groups is 1. The summed E-state index contributed by atoms with van der Waals surface area (Å²) in [7, 11) is 0. The van der Waals surface area contributed by atoms with Gasteiger partial charge in [-0.05, 0) is 25.8 Å². The zero-order valence-electron chi connectivity index (χ0n) is 8.57. The molecule has 0 atom stereocenters. The van der Waals surface area contributed by atoms with E-state index in [-0.39, 0.29) is 12.1 Å². The molecule has 14 heavy (non-hydrogen) atoms. The molecule has 2 heteroatoms. The van der Waals surface area contributed by atoms with Gasteiger partial charge in [-0.25, -0.2) is 0 Å². The first-order valence-corrected chi connectivity index (χ1v) is 4.76. The van der Waals surface area contributed by atoms with E-state index in [0.29, 0.717) is 6.42 Å². The summed E-state index contributed by atoms with van der Waals surface area (Å²) in [4.78, 5) is 11.1. The highest BCUT2D eigenvalue weighted by Crippen LogP contribution is 2.03. The summed E-state index contributed by atoms with van der Waals surface area (Å²) in [6, 6.07) is 9.84. The normalized spacial score (nSPS) is 10.2. The van der Waals surface area contributed by atoms with Gasteiger partial charge in [0.2, 0.25) is 0 Å². The molecule has 1 aromatic carbocycles. The highest BCUT2D eigenvalue weighted by molar-refractivity contribution is 5.79. The Bertz CT molecular complexity index is 278. The number of esters is 1. The number of benzene rings is 1. The van der Waals surface area contributed by atoms with Gasteiger partial charge in [0, 0.05) is 0 Å². The van der Waals surface area contributed by atoms with Gasteiger partial charge < -0.3 is 4.74 Å². The van der Waals surface area contributed by atoms with Crippen molar-refractivity contribution in [1.82, 2.24) is 0 Å². The second-order valence-corrected chi connectivity index (χ2v) is 3.38. The highest BCUT2D eigenvalue weighted by Gasteiger charge is 2.05. The van der Waals surface area contributed by atoms with Crippen molar-refractivity contribution in [3.05, 3.63) is 42.3 Å². The van der Waals surface area contributed by atoms with E-state index >= 15 is 0 Å². The quantitative estimate of drug-likeness (QED) is 0.683. The van der Waals surface area contributed by atoms with E-state index in [4.69, 9.17) is 4.74 Å². The summed E-state index contributed by atoms with van der Waals surface area (Å²) in [5.74, 6) is -0.246. The molecule has 2 nitrogen and oxygen atoms in total. The Hall–Kier alpha value is -1.31. The fourth-order valence-electron chi connectivity index (χ4n) is 1.10. The van der Waals surface area contributed by atoms with Crippen LogP contribution in [0.4, 0.5) is 0 Å². The van der Waals surface area contributed by atoms with Crippen LogP contribution in [0.3, 0.4) is 0 Å². The van der Waals surface area contributed by atoms with Crippen LogP contribution in [0, 0.1) is 6.42 Å². The third kappa shape index (κ3) is 4.08. The van der Waals surface area contributed by atoms with Crippen LogP contribution in [0.15, 0.2) is 30.3 Å². The minimum atomic E-state index is -0.246. The highest BCUT2D eigenvalue weighted by atomic mass is 16.5. The molecule has 0 heterocycles. The molecule has 75 valence electrons. The SMILES string of the molecule is CC(C)OC(=O)[CH]Cc1ccccc1. The van der Waals surface area contributed by atoms with Crippen molar-refractivity contribution < 1.29 is 9.53 Å². The van der Waals surface area contributed by atoms with Gasteiger partial charge in [0.1, 0.15) is 0 Å². The number of ether oxygens (including phenoxy) is 1. The van der Waals surface area contributed by atoms with Crippen LogP contribution in [0.25, 0.3) is 0 Å². The standard InChI is InChI=1S/C12H15O2/c1-10(2)14-12(13)9-8-11-6-4-3-5-7-11/h3-7,9-10H,8H2,1-2H3. The summed E-state index contributed by atoms with van der Waals surface area (Å²) < 4.78 is 4.98. The second kappa shape index (κ2) is 5.43. The number of hydrogen-bond acceptors (Lipinski definition) is 2. The lowest BCUT2D eigenvalue weighted by molar-refractivity contribution is -0.143. The smallest absolute Gasteiger partial charge is 0.310 e. The first-order valence-electron chi connectivity index (χ1n) is 4.76. The monoisotopic (exact) mass is 191 g/mol. The van der Waals surface area contributed by atoms with Crippen LogP contribution in [0.1, 0.15) is 19.4 Å². The Morgan fingerprint density at radius 2 is 2.00 bits per heavy atom. The van der Waals surface area contributed by atoms with Crippen LogP contribution in [-0.4, -0.2) is 12.1 Å². The van der Waals surface area contributed by atoms with E-state index in [1.54, 1.807) is 6.42 Å². The Kier molecular flexibility index (Phi) is 4.17. The van der Waals surface area contributed by atoms with Crippen LogP contribution >= 0.6 is 0 Å². The zero-order chi connectivity index (χ0) is 10.4. The van der Waals surface area contributed by atoms with Crippen molar-refractivity contribution in [3.8, 4) is 0 Å². The lowest BCUT2D eigenvalue weighted by Crippen LogP contribution is -2.12. The molecule has 0 saturated carbocycles. The van der Waals surface area contributed by atoms with Crippen LogP contribution in [0.2, 0.25) is 0 Å². The maximum absolute atomic E-state index is 11.1.